The molecule has 6 nitrogen and oxygen atoms in total. The number of anilines is 2. The highest BCUT2D eigenvalue weighted by atomic mass is 32.2. The molecular weight excluding hydrogens is 362 g/mol. The molecule has 0 saturated carbocycles. The Labute approximate surface area is 161 Å². The summed E-state index contributed by atoms with van der Waals surface area (Å²) in [5.41, 5.74) is 1.84. The second-order valence-electron chi connectivity index (χ2n) is 6.07. The summed E-state index contributed by atoms with van der Waals surface area (Å²) in [6.45, 7) is 7.88. The second-order valence-corrected chi connectivity index (χ2v) is 7.84. The van der Waals surface area contributed by atoms with Crippen molar-refractivity contribution in [2.45, 2.75) is 25.7 Å². The minimum Gasteiger partial charge on any atom is -0.372 e. The number of benzene rings is 2. The molecule has 0 aliphatic carbocycles. The van der Waals surface area contributed by atoms with E-state index in [2.05, 4.69) is 23.5 Å². The van der Waals surface area contributed by atoms with Crippen LogP contribution in [0.3, 0.4) is 0 Å². The van der Waals surface area contributed by atoms with Crippen molar-refractivity contribution in [3.63, 3.8) is 0 Å². The van der Waals surface area contributed by atoms with Gasteiger partial charge in [0.25, 0.3) is 0 Å². The quantitative estimate of drug-likeness (QED) is 0.716. The fourth-order valence-corrected chi connectivity index (χ4v) is 3.92. The minimum atomic E-state index is -3.58. The number of carbonyl (C=O) groups excluding carboxylic acids is 1. The highest BCUT2D eigenvalue weighted by Gasteiger charge is 2.16. The van der Waals surface area contributed by atoms with Crippen LogP contribution in [0.4, 0.5) is 11.4 Å². The lowest BCUT2D eigenvalue weighted by Gasteiger charge is -2.24. The van der Waals surface area contributed by atoms with Gasteiger partial charge in [0.15, 0.2) is 0 Å². The van der Waals surface area contributed by atoms with Crippen molar-refractivity contribution < 1.29 is 13.2 Å². The van der Waals surface area contributed by atoms with Crippen LogP contribution in [0.2, 0.25) is 0 Å². The Morgan fingerprint density at radius 1 is 0.926 bits per heavy atom. The van der Waals surface area contributed by atoms with E-state index in [0.29, 0.717) is 0 Å². The van der Waals surface area contributed by atoms with Crippen molar-refractivity contribution in [3.05, 3.63) is 54.6 Å². The van der Waals surface area contributed by atoms with Crippen LogP contribution in [0.5, 0.6) is 0 Å². The number of nitrogens with one attached hydrogen (secondary N) is 1. The van der Waals surface area contributed by atoms with Gasteiger partial charge in [0, 0.05) is 44.5 Å². The maximum absolute atomic E-state index is 12.3. The van der Waals surface area contributed by atoms with E-state index in [1.165, 1.54) is 19.1 Å². The van der Waals surface area contributed by atoms with Gasteiger partial charge in [0.1, 0.15) is 0 Å². The Hall–Kier alpha value is -2.38. The molecule has 0 atom stereocenters. The van der Waals surface area contributed by atoms with Crippen molar-refractivity contribution in [1.29, 1.82) is 0 Å². The molecule has 2 aromatic carbocycles. The van der Waals surface area contributed by atoms with E-state index in [-0.39, 0.29) is 23.9 Å². The van der Waals surface area contributed by atoms with Gasteiger partial charge in [-0.15, -0.1) is 0 Å². The molecule has 27 heavy (non-hydrogen) atoms. The number of amides is 1. The molecule has 0 fully saturated rings. The predicted octanol–water partition coefficient (Wildman–Crippen LogP) is 2.86. The molecule has 0 radical (unpaired) electrons. The number of sulfonamides is 1. The molecule has 0 aliphatic rings. The fourth-order valence-electron chi connectivity index (χ4n) is 2.88. The lowest BCUT2D eigenvalue weighted by molar-refractivity contribution is -0.116. The SMILES string of the molecule is CCN(CC)c1ccc(N(CCNS(=O)(=O)c2ccccc2)C(C)=O)cc1. The lowest BCUT2D eigenvalue weighted by atomic mass is 10.2. The number of nitrogens with zero attached hydrogens (tertiary/aromatic N) is 2. The van der Waals surface area contributed by atoms with Gasteiger partial charge in [-0.1, -0.05) is 18.2 Å². The first kappa shape index (κ1) is 20.9. The maximum Gasteiger partial charge on any atom is 0.240 e. The molecule has 0 aliphatic heterocycles. The van der Waals surface area contributed by atoms with Crippen molar-refractivity contribution in [2.75, 3.05) is 36.0 Å². The smallest absolute Gasteiger partial charge is 0.240 e. The number of carbonyl (C=O) groups is 1. The summed E-state index contributed by atoms with van der Waals surface area (Å²) in [5.74, 6) is -0.135. The van der Waals surface area contributed by atoms with Gasteiger partial charge < -0.3 is 9.80 Å². The second kappa shape index (κ2) is 9.53. The number of rotatable bonds is 9. The topological polar surface area (TPSA) is 69.7 Å². The maximum atomic E-state index is 12.3. The van der Waals surface area contributed by atoms with Crippen LogP contribution in [-0.4, -0.2) is 40.5 Å². The normalized spacial score (nSPS) is 11.2. The first-order valence-corrected chi connectivity index (χ1v) is 10.5. The molecule has 1 amide bonds. The Bertz CT molecular complexity index is 833. The van der Waals surface area contributed by atoms with Crippen LogP contribution in [0.25, 0.3) is 0 Å². The van der Waals surface area contributed by atoms with Crippen molar-refractivity contribution >= 4 is 27.3 Å². The van der Waals surface area contributed by atoms with Crippen LogP contribution in [0.15, 0.2) is 59.5 Å². The summed E-state index contributed by atoms with van der Waals surface area (Å²) < 4.78 is 27.1. The third kappa shape index (κ3) is 5.55. The molecule has 0 saturated heterocycles. The summed E-state index contributed by atoms with van der Waals surface area (Å²) in [6, 6.07) is 15.9. The summed E-state index contributed by atoms with van der Waals surface area (Å²) in [7, 11) is -3.58. The van der Waals surface area contributed by atoms with Crippen molar-refractivity contribution in [2.24, 2.45) is 0 Å². The summed E-state index contributed by atoms with van der Waals surface area (Å²) >= 11 is 0. The summed E-state index contributed by atoms with van der Waals surface area (Å²) in [5, 5.41) is 0. The Balaban J connectivity index is 2.05. The molecular formula is C20H27N3O3S. The summed E-state index contributed by atoms with van der Waals surface area (Å²) in [4.78, 5) is 16.0. The van der Waals surface area contributed by atoms with Gasteiger partial charge in [0.2, 0.25) is 15.9 Å². The first-order valence-electron chi connectivity index (χ1n) is 9.07. The zero-order chi connectivity index (χ0) is 19.9. The third-order valence-corrected chi connectivity index (χ3v) is 5.83. The van der Waals surface area contributed by atoms with E-state index in [1.807, 2.05) is 24.3 Å². The molecule has 0 spiro atoms. The van der Waals surface area contributed by atoms with Crippen molar-refractivity contribution in [3.8, 4) is 0 Å². The lowest BCUT2D eigenvalue weighted by Crippen LogP contribution is -2.37. The average Bonchev–Trinajstić information content (AvgIpc) is 2.67. The molecule has 0 bridgehead atoms. The van der Waals surface area contributed by atoms with E-state index < -0.39 is 10.0 Å². The molecule has 0 unspecified atom stereocenters. The standard InChI is InChI=1S/C20H27N3O3S/c1-4-22(5-2)18-11-13-19(14-12-18)23(17(3)24)16-15-21-27(25,26)20-9-7-6-8-10-20/h6-14,21H,4-5,15-16H2,1-3H3. The van der Waals surface area contributed by atoms with Crippen LogP contribution in [-0.2, 0) is 14.8 Å². The monoisotopic (exact) mass is 389 g/mol. The Morgan fingerprint density at radius 2 is 1.48 bits per heavy atom. The molecule has 7 heteroatoms. The van der Waals surface area contributed by atoms with Crippen LogP contribution >= 0.6 is 0 Å². The largest absolute Gasteiger partial charge is 0.372 e. The molecule has 1 N–H and O–H groups in total. The minimum absolute atomic E-state index is 0.134. The van der Waals surface area contributed by atoms with Gasteiger partial charge in [-0.25, -0.2) is 13.1 Å². The van der Waals surface area contributed by atoms with Crippen LogP contribution in [0.1, 0.15) is 20.8 Å². The van der Waals surface area contributed by atoms with Crippen LogP contribution < -0.4 is 14.5 Å². The Morgan fingerprint density at radius 3 is 2.00 bits per heavy atom. The molecule has 2 aromatic rings. The highest BCUT2D eigenvalue weighted by Crippen LogP contribution is 2.21. The highest BCUT2D eigenvalue weighted by molar-refractivity contribution is 7.89. The molecule has 146 valence electrons. The van der Waals surface area contributed by atoms with Crippen molar-refractivity contribution in [1.82, 2.24) is 4.72 Å². The van der Waals surface area contributed by atoms with E-state index in [9.17, 15) is 13.2 Å². The van der Waals surface area contributed by atoms with Gasteiger partial charge >= 0.3 is 0 Å². The van der Waals surface area contributed by atoms with E-state index in [0.717, 1.165) is 24.5 Å². The predicted molar refractivity (Wildman–Crippen MR) is 110 cm³/mol. The first-order chi connectivity index (χ1) is 12.9. The third-order valence-electron chi connectivity index (χ3n) is 4.35. The van der Waals surface area contributed by atoms with Gasteiger partial charge in [-0.2, -0.15) is 0 Å². The number of hydrogen-bond acceptors (Lipinski definition) is 4. The molecule has 0 heterocycles. The van der Waals surface area contributed by atoms with Gasteiger partial charge in [0.05, 0.1) is 4.90 Å². The van der Waals surface area contributed by atoms with Crippen LogP contribution in [0, 0.1) is 0 Å². The van der Waals surface area contributed by atoms with E-state index in [1.54, 1.807) is 23.1 Å². The molecule has 2 rings (SSSR count). The van der Waals surface area contributed by atoms with E-state index >= 15 is 0 Å². The number of hydrogen-bond donors (Lipinski definition) is 1. The Kier molecular flexibility index (Phi) is 7.38. The molecule has 0 aromatic heterocycles. The average molecular weight is 390 g/mol. The fraction of sp³-hybridized carbons (Fsp3) is 0.350. The van der Waals surface area contributed by atoms with Gasteiger partial charge in [-0.3, -0.25) is 4.79 Å². The summed E-state index contributed by atoms with van der Waals surface area (Å²) in [6.07, 6.45) is 0. The zero-order valence-electron chi connectivity index (χ0n) is 16.1. The van der Waals surface area contributed by atoms with Gasteiger partial charge in [-0.05, 0) is 50.2 Å². The zero-order valence-corrected chi connectivity index (χ0v) is 16.9. The van der Waals surface area contributed by atoms with E-state index in [4.69, 9.17) is 0 Å².